The van der Waals surface area contributed by atoms with Crippen LogP contribution in [0.1, 0.15) is 5.69 Å². The Kier molecular flexibility index (Phi) is 3.74. The fraction of sp³-hybridized carbons (Fsp3) is 0.0769. The van der Waals surface area contributed by atoms with Crippen molar-refractivity contribution in [1.82, 2.24) is 4.98 Å². The van der Waals surface area contributed by atoms with E-state index < -0.39 is 0 Å². The van der Waals surface area contributed by atoms with Gasteiger partial charge in [-0.25, -0.2) is 4.98 Å². The molecular formula is C13H12N2O2S. The van der Waals surface area contributed by atoms with Crippen molar-refractivity contribution in [3.63, 3.8) is 0 Å². The molecule has 2 N–H and O–H groups in total. The largest absolute Gasteiger partial charge is 0.497 e. The number of thiocarbonyl (C=S) groups is 1. The number of methoxy groups -OCH3 is 1. The molecule has 0 fully saturated rings. The maximum Gasteiger partial charge on any atom is 0.156 e. The molecule has 92 valence electrons. The monoisotopic (exact) mass is 260 g/mol. The van der Waals surface area contributed by atoms with E-state index in [4.69, 9.17) is 27.4 Å². The Labute approximate surface area is 110 Å². The van der Waals surface area contributed by atoms with Crippen LogP contribution in [0.5, 0.6) is 17.2 Å². The van der Waals surface area contributed by atoms with Gasteiger partial charge in [0.15, 0.2) is 5.75 Å². The van der Waals surface area contributed by atoms with E-state index in [-0.39, 0.29) is 4.99 Å². The first kappa shape index (κ1) is 12.3. The fourth-order valence-electron chi connectivity index (χ4n) is 1.43. The van der Waals surface area contributed by atoms with Gasteiger partial charge in [0.2, 0.25) is 0 Å². The lowest BCUT2D eigenvalue weighted by Crippen LogP contribution is -2.12. The van der Waals surface area contributed by atoms with Gasteiger partial charge >= 0.3 is 0 Å². The van der Waals surface area contributed by atoms with Crippen LogP contribution < -0.4 is 15.2 Å². The molecule has 5 heteroatoms. The van der Waals surface area contributed by atoms with Gasteiger partial charge in [0, 0.05) is 6.20 Å². The summed E-state index contributed by atoms with van der Waals surface area (Å²) in [6.07, 6.45) is 1.62. The minimum Gasteiger partial charge on any atom is -0.497 e. The topological polar surface area (TPSA) is 57.4 Å². The highest BCUT2D eigenvalue weighted by molar-refractivity contribution is 7.80. The number of nitrogens with zero attached hydrogens (tertiary/aromatic N) is 1. The molecule has 1 aromatic heterocycles. The number of benzene rings is 1. The number of hydrogen-bond acceptors (Lipinski definition) is 4. The van der Waals surface area contributed by atoms with Crippen LogP contribution in [0, 0.1) is 0 Å². The maximum absolute atomic E-state index is 5.68. The SMILES string of the molecule is COc1ccc(Oc2cccnc2C(N)=S)cc1. The van der Waals surface area contributed by atoms with Gasteiger partial charge in [0.05, 0.1) is 7.11 Å². The zero-order valence-electron chi connectivity index (χ0n) is 9.79. The van der Waals surface area contributed by atoms with Crippen LogP contribution in [0.2, 0.25) is 0 Å². The number of hydrogen-bond donors (Lipinski definition) is 1. The lowest BCUT2D eigenvalue weighted by molar-refractivity contribution is 0.412. The second-order valence-corrected chi connectivity index (χ2v) is 3.93. The van der Waals surface area contributed by atoms with Gasteiger partial charge in [-0.15, -0.1) is 0 Å². The van der Waals surface area contributed by atoms with Crippen LogP contribution in [0.3, 0.4) is 0 Å². The third kappa shape index (κ3) is 2.75. The lowest BCUT2D eigenvalue weighted by Gasteiger charge is -2.09. The van der Waals surface area contributed by atoms with Crippen LogP contribution in [-0.4, -0.2) is 17.1 Å². The molecule has 0 aliphatic carbocycles. The van der Waals surface area contributed by atoms with E-state index in [1.165, 1.54) is 0 Å². The predicted molar refractivity (Wildman–Crippen MR) is 73.2 cm³/mol. The summed E-state index contributed by atoms with van der Waals surface area (Å²) in [5.41, 5.74) is 6.06. The second-order valence-electron chi connectivity index (χ2n) is 3.49. The van der Waals surface area contributed by atoms with Gasteiger partial charge in [-0.2, -0.15) is 0 Å². The van der Waals surface area contributed by atoms with E-state index in [1.54, 1.807) is 37.6 Å². The minimum atomic E-state index is 0.208. The van der Waals surface area contributed by atoms with Crippen molar-refractivity contribution in [2.75, 3.05) is 7.11 Å². The molecule has 0 atom stereocenters. The molecule has 0 unspecified atom stereocenters. The van der Waals surface area contributed by atoms with Crippen molar-refractivity contribution in [2.45, 2.75) is 0 Å². The molecule has 0 spiro atoms. The Hall–Kier alpha value is -2.14. The first-order valence-corrected chi connectivity index (χ1v) is 5.68. The van der Waals surface area contributed by atoms with Crippen molar-refractivity contribution in [3.05, 3.63) is 48.3 Å². The van der Waals surface area contributed by atoms with Gasteiger partial charge in [-0.1, -0.05) is 12.2 Å². The van der Waals surface area contributed by atoms with E-state index in [0.717, 1.165) is 5.75 Å². The third-order valence-electron chi connectivity index (χ3n) is 2.29. The molecule has 4 nitrogen and oxygen atoms in total. The summed E-state index contributed by atoms with van der Waals surface area (Å²) in [6.45, 7) is 0. The summed E-state index contributed by atoms with van der Waals surface area (Å²) in [4.78, 5) is 4.30. The highest BCUT2D eigenvalue weighted by atomic mass is 32.1. The number of nitrogens with two attached hydrogens (primary N) is 1. The van der Waals surface area contributed by atoms with Gasteiger partial charge in [0.25, 0.3) is 0 Å². The zero-order valence-corrected chi connectivity index (χ0v) is 10.6. The average Bonchev–Trinajstić information content (AvgIpc) is 2.40. The Balaban J connectivity index is 2.25. The average molecular weight is 260 g/mol. The molecule has 0 amide bonds. The normalized spacial score (nSPS) is 9.83. The molecule has 0 aliphatic heterocycles. The summed E-state index contributed by atoms with van der Waals surface area (Å²) < 4.78 is 10.8. The van der Waals surface area contributed by atoms with Crippen molar-refractivity contribution in [3.8, 4) is 17.2 Å². The smallest absolute Gasteiger partial charge is 0.156 e. The number of ether oxygens (including phenoxy) is 2. The molecule has 0 bridgehead atoms. The highest BCUT2D eigenvalue weighted by Gasteiger charge is 2.08. The summed E-state index contributed by atoms with van der Waals surface area (Å²) in [5, 5.41) is 0. The van der Waals surface area contributed by atoms with Crippen molar-refractivity contribution in [1.29, 1.82) is 0 Å². The minimum absolute atomic E-state index is 0.208. The van der Waals surface area contributed by atoms with E-state index in [0.29, 0.717) is 17.2 Å². The molecule has 18 heavy (non-hydrogen) atoms. The van der Waals surface area contributed by atoms with E-state index in [1.807, 2.05) is 12.1 Å². The molecule has 1 aromatic carbocycles. The molecule has 0 saturated heterocycles. The molecule has 0 aliphatic rings. The van der Waals surface area contributed by atoms with Crippen molar-refractivity contribution in [2.24, 2.45) is 5.73 Å². The van der Waals surface area contributed by atoms with Gasteiger partial charge in [0.1, 0.15) is 22.2 Å². The van der Waals surface area contributed by atoms with Crippen LogP contribution >= 0.6 is 12.2 Å². The van der Waals surface area contributed by atoms with Gasteiger partial charge < -0.3 is 15.2 Å². The predicted octanol–water partition coefficient (Wildman–Crippen LogP) is 2.52. The molecule has 2 aromatic rings. The fourth-order valence-corrected chi connectivity index (χ4v) is 1.58. The maximum atomic E-state index is 5.68. The summed E-state index contributed by atoms with van der Waals surface area (Å²) >= 11 is 4.92. The van der Waals surface area contributed by atoms with Crippen LogP contribution in [0.25, 0.3) is 0 Å². The second kappa shape index (κ2) is 5.46. The lowest BCUT2D eigenvalue weighted by atomic mass is 10.3. The first-order chi connectivity index (χ1) is 8.70. The quantitative estimate of drug-likeness (QED) is 0.856. The van der Waals surface area contributed by atoms with E-state index >= 15 is 0 Å². The summed E-state index contributed by atoms with van der Waals surface area (Å²) in [7, 11) is 1.61. The van der Waals surface area contributed by atoms with Crippen molar-refractivity contribution < 1.29 is 9.47 Å². The van der Waals surface area contributed by atoms with Gasteiger partial charge in [-0.05, 0) is 36.4 Å². The number of rotatable bonds is 4. The summed E-state index contributed by atoms with van der Waals surface area (Å²) in [5.74, 6) is 1.97. The Bertz CT molecular complexity index is 555. The molecule has 0 radical (unpaired) electrons. The van der Waals surface area contributed by atoms with E-state index in [9.17, 15) is 0 Å². The van der Waals surface area contributed by atoms with Crippen LogP contribution in [0.15, 0.2) is 42.6 Å². The van der Waals surface area contributed by atoms with Gasteiger partial charge in [-0.3, -0.25) is 0 Å². The van der Waals surface area contributed by atoms with Crippen molar-refractivity contribution >= 4 is 17.2 Å². The molecule has 0 saturated carbocycles. The Morgan fingerprint density at radius 1 is 1.17 bits per heavy atom. The molecular weight excluding hydrogens is 248 g/mol. The van der Waals surface area contributed by atoms with Crippen LogP contribution in [-0.2, 0) is 0 Å². The molecule has 1 heterocycles. The Morgan fingerprint density at radius 3 is 2.44 bits per heavy atom. The van der Waals surface area contributed by atoms with E-state index in [2.05, 4.69) is 4.98 Å². The highest BCUT2D eigenvalue weighted by Crippen LogP contribution is 2.25. The number of pyridine rings is 1. The standard InChI is InChI=1S/C13H12N2O2S/c1-16-9-4-6-10(7-5-9)17-11-3-2-8-15-12(11)13(14)18/h2-8H,1H3,(H2,14,18). The third-order valence-corrected chi connectivity index (χ3v) is 2.48. The zero-order chi connectivity index (χ0) is 13.0. The summed E-state index contributed by atoms with van der Waals surface area (Å²) in [6, 6.07) is 10.8. The first-order valence-electron chi connectivity index (χ1n) is 5.27. The Morgan fingerprint density at radius 2 is 1.83 bits per heavy atom. The molecule has 2 rings (SSSR count). The number of aromatic nitrogens is 1. The van der Waals surface area contributed by atoms with Crippen LogP contribution in [0.4, 0.5) is 0 Å².